The summed E-state index contributed by atoms with van der Waals surface area (Å²) in [5.74, 6) is -0.508. The lowest BCUT2D eigenvalue weighted by atomic mass is 10.1. The molecular formula is C20H19FN4O2. The molecule has 2 heterocycles. The number of pyridine rings is 2. The van der Waals surface area contributed by atoms with Gasteiger partial charge in [0.1, 0.15) is 11.9 Å². The summed E-state index contributed by atoms with van der Waals surface area (Å²) in [4.78, 5) is 20.5. The van der Waals surface area contributed by atoms with E-state index in [2.05, 4.69) is 15.3 Å². The second-order valence-electron chi connectivity index (χ2n) is 6.59. The molecule has 0 radical (unpaired) electrons. The Morgan fingerprint density at radius 2 is 2.00 bits per heavy atom. The second-order valence-corrected chi connectivity index (χ2v) is 6.59. The predicted octanol–water partition coefficient (Wildman–Crippen LogP) is 3.92. The quantitative estimate of drug-likeness (QED) is 0.730. The van der Waals surface area contributed by atoms with Crippen molar-refractivity contribution in [3.8, 4) is 5.88 Å². The molecule has 1 aliphatic rings. The third kappa shape index (κ3) is 3.53. The van der Waals surface area contributed by atoms with Crippen molar-refractivity contribution in [2.75, 3.05) is 11.1 Å². The Morgan fingerprint density at radius 1 is 1.19 bits per heavy atom. The fourth-order valence-electron chi connectivity index (χ4n) is 3.32. The van der Waals surface area contributed by atoms with Crippen LogP contribution in [0.25, 0.3) is 10.8 Å². The van der Waals surface area contributed by atoms with Gasteiger partial charge in [0.15, 0.2) is 5.69 Å². The highest BCUT2D eigenvalue weighted by Gasteiger charge is 2.19. The molecule has 0 spiro atoms. The van der Waals surface area contributed by atoms with Crippen molar-refractivity contribution in [1.29, 1.82) is 0 Å². The number of ether oxygens (including phenoxy) is 1. The minimum Gasteiger partial charge on any atom is -0.474 e. The van der Waals surface area contributed by atoms with Crippen LogP contribution in [0.15, 0.2) is 42.7 Å². The van der Waals surface area contributed by atoms with Crippen LogP contribution < -0.4 is 15.8 Å². The predicted molar refractivity (Wildman–Crippen MR) is 101 cm³/mol. The van der Waals surface area contributed by atoms with Gasteiger partial charge in [-0.15, -0.1) is 0 Å². The third-order valence-corrected chi connectivity index (χ3v) is 4.69. The molecule has 1 amide bonds. The highest BCUT2D eigenvalue weighted by molar-refractivity contribution is 6.07. The van der Waals surface area contributed by atoms with Gasteiger partial charge in [-0.25, -0.2) is 14.4 Å². The number of hydrogen-bond acceptors (Lipinski definition) is 5. The molecule has 6 nitrogen and oxygen atoms in total. The number of amides is 1. The Bertz CT molecular complexity index is 1000. The zero-order valence-electron chi connectivity index (χ0n) is 14.6. The molecule has 1 aliphatic carbocycles. The van der Waals surface area contributed by atoms with Crippen LogP contribution in [0.5, 0.6) is 5.88 Å². The van der Waals surface area contributed by atoms with Gasteiger partial charge in [-0.05, 0) is 56.0 Å². The number of nitrogens with zero attached hydrogens (tertiary/aromatic N) is 2. The number of nitrogen functional groups attached to an aromatic ring is 1. The number of nitrogens with two attached hydrogens (primary N) is 1. The summed E-state index contributed by atoms with van der Waals surface area (Å²) in [5, 5.41) is 3.62. The second kappa shape index (κ2) is 7.19. The molecule has 1 fully saturated rings. The highest BCUT2D eigenvalue weighted by Crippen LogP contribution is 2.31. The number of anilines is 2. The maximum Gasteiger partial charge on any atom is 0.276 e. The summed E-state index contributed by atoms with van der Waals surface area (Å²) in [6.45, 7) is 0. The first kappa shape index (κ1) is 17.2. The summed E-state index contributed by atoms with van der Waals surface area (Å²) in [5.41, 5.74) is 6.62. The average Bonchev–Trinajstić information content (AvgIpc) is 3.18. The van der Waals surface area contributed by atoms with Crippen molar-refractivity contribution in [1.82, 2.24) is 9.97 Å². The number of benzene rings is 1. The largest absolute Gasteiger partial charge is 0.474 e. The van der Waals surface area contributed by atoms with Gasteiger partial charge < -0.3 is 15.8 Å². The topological polar surface area (TPSA) is 90.1 Å². The van der Waals surface area contributed by atoms with E-state index in [9.17, 15) is 9.18 Å². The molecule has 0 aliphatic heterocycles. The molecule has 0 atom stereocenters. The van der Waals surface area contributed by atoms with Crippen LogP contribution in [0.4, 0.5) is 15.8 Å². The van der Waals surface area contributed by atoms with Crippen LogP contribution in [0.2, 0.25) is 0 Å². The van der Waals surface area contributed by atoms with Crippen LogP contribution in [0, 0.1) is 5.82 Å². The Balaban J connectivity index is 1.63. The van der Waals surface area contributed by atoms with E-state index in [1.807, 2.05) is 0 Å². The van der Waals surface area contributed by atoms with Crippen molar-refractivity contribution in [2.24, 2.45) is 0 Å². The van der Waals surface area contributed by atoms with Crippen molar-refractivity contribution >= 4 is 28.1 Å². The average molecular weight is 366 g/mol. The van der Waals surface area contributed by atoms with Crippen molar-refractivity contribution in [2.45, 2.75) is 31.8 Å². The molecule has 2 aromatic heterocycles. The zero-order valence-corrected chi connectivity index (χ0v) is 14.6. The zero-order chi connectivity index (χ0) is 18.8. The lowest BCUT2D eigenvalue weighted by molar-refractivity contribution is 0.102. The molecule has 1 aromatic carbocycles. The Hall–Kier alpha value is -3.22. The van der Waals surface area contributed by atoms with Gasteiger partial charge in [-0.1, -0.05) is 0 Å². The molecule has 3 N–H and O–H groups in total. The number of rotatable bonds is 4. The number of aromatic nitrogens is 2. The first-order valence-corrected chi connectivity index (χ1v) is 8.88. The SMILES string of the molecule is Nc1cccnc1C(=O)Nc1ccc2c(OC3CCCC3)ncc(F)c2c1. The molecule has 0 bridgehead atoms. The fourth-order valence-corrected chi connectivity index (χ4v) is 3.32. The Morgan fingerprint density at radius 3 is 2.78 bits per heavy atom. The fraction of sp³-hybridized carbons (Fsp3) is 0.250. The third-order valence-electron chi connectivity index (χ3n) is 4.69. The number of nitrogens with one attached hydrogen (secondary N) is 1. The van der Waals surface area contributed by atoms with Gasteiger partial charge in [0, 0.05) is 22.7 Å². The summed E-state index contributed by atoms with van der Waals surface area (Å²) >= 11 is 0. The normalized spacial score (nSPS) is 14.4. The Labute approximate surface area is 155 Å². The van der Waals surface area contributed by atoms with Gasteiger partial charge in [-0.2, -0.15) is 0 Å². The van der Waals surface area contributed by atoms with Crippen molar-refractivity contribution in [3.05, 3.63) is 54.2 Å². The summed E-state index contributed by atoms with van der Waals surface area (Å²) in [6.07, 6.45) is 7.00. The molecule has 7 heteroatoms. The van der Waals surface area contributed by atoms with Crippen LogP contribution in [0.3, 0.4) is 0 Å². The van der Waals surface area contributed by atoms with E-state index in [4.69, 9.17) is 10.5 Å². The summed E-state index contributed by atoms with van der Waals surface area (Å²) < 4.78 is 20.3. The van der Waals surface area contributed by atoms with E-state index in [0.29, 0.717) is 22.3 Å². The van der Waals surface area contributed by atoms with Crippen LogP contribution in [-0.2, 0) is 0 Å². The molecule has 4 rings (SSSR count). The Kier molecular flexibility index (Phi) is 4.58. The van der Waals surface area contributed by atoms with Gasteiger partial charge in [0.2, 0.25) is 5.88 Å². The first-order valence-electron chi connectivity index (χ1n) is 8.88. The van der Waals surface area contributed by atoms with Crippen LogP contribution in [0.1, 0.15) is 36.2 Å². The van der Waals surface area contributed by atoms with Crippen molar-refractivity contribution < 1.29 is 13.9 Å². The lowest BCUT2D eigenvalue weighted by Crippen LogP contribution is -2.15. The minimum absolute atomic E-state index is 0.123. The molecule has 138 valence electrons. The van der Waals surface area contributed by atoms with Gasteiger partial charge >= 0.3 is 0 Å². The number of carbonyl (C=O) groups excluding carboxylic acids is 1. The molecule has 27 heavy (non-hydrogen) atoms. The van der Waals surface area contributed by atoms with E-state index in [0.717, 1.165) is 31.9 Å². The maximum atomic E-state index is 14.3. The monoisotopic (exact) mass is 366 g/mol. The summed E-state index contributed by atoms with van der Waals surface area (Å²) in [7, 11) is 0. The molecule has 1 saturated carbocycles. The number of carbonyl (C=O) groups is 1. The standard InChI is InChI=1S/C20H19FN4O2/c21-16-11-24-20(27-13-4-1-2-5-13)14-8-7-12(10-15(14)16)25-19(26)18-17(22)6-3-9-23-18/h3,6-11,13H,1-2,4-5,22H2,(H,25,26). The smallest absolute Gasteiger partial charge is 0.276 e. The minimum atomic E-state index is -0.475. The lowest BCUT2D eigenvalue weighted by Gasteiger charge is -2.15. The molecule has 0 saturated heterocycles. The maximum absolute atomic E-state index is 14.3. The number of halogens is 1. The van der Waals surface area contributed by atoms with E-state index >= 15 is 0 Å². The van der Waals surface area contributed by atoms with Crippen LogP contribution in [-0.4, -0.2) is 22.0 Å². The van der Waals surface area contributed by atoms with E-state index in [-0.39, 0.29) is 17.5 Å². The number of hydrogen-bond donors (Lipinski definition) is 2. The highest BCUT2D eigenvalue weighted by atomic mass is 19.1. The van der Waals surface area contributed by atoms with E-state index < -0.39 is 11.7 Å². The van der Waals surface area contributed by atoms with E-state index in [1.165, 1.54) is 6.20 Å². The van der Waals surface area contributed by atoms with Gasteiger partial charge in [0.05, 0.1) is 11.9 Å². The molecule has 0 unspecified atom stereocenters. The van der Waals surface area contributed by atoms with Gasteiger partial charge in [-0.3, -0.25) is 4.79 Å². The van der Waals surface area contributed by atoms with Crippen molar-refractivity contribution in [3.63, 3.8) is 0 Å². The number of fused-ring (bicyclic) bond motifs is 1. The molecule has 3 aromatic rings. The van der Waals surface area contributed by atoms with Crippen LogP contribution >= 0.6 is 0 Å². The summed E-state index contributed by atoms with van der Waals surface area (Å²) in [6, 6.07) is 8.19. The van der Waals surface area contributed by atoms with E-state index in [1.54, 1.807) is 30.3 Å². The first-order chi connectivity index (χ1) is 13.1. The van der Waals surface area contributed by atoms with Gasteiger partial charge in [0.25, 0.3) is 5.91 Å². The molecular weight excluding hydrogens is 347 g/mol.